The Kier molecular flexibility index (Phi) is 6.62. The molecule has 0 bridgehead atoms. The molecule has 1 aliphatic rings. The monoisotopic (exact) mass is 486 g/mol. The SMILES string of the molecule is Cn1ccnc1[C@H]1CCCCN1C(=O)c1ccc(-n2cc(NC(=O)Cc3cccc(F)c3)cn2)cc1. The number of amides is 2. The maximum absolute atomic E-state index is 13.4. The summed E-state index contributed by atoms with van der Waals surface area (Å²) in [5, 5.41) is 7.10. The van der Waals surface area contributed by atoms with Gasteiger partial charge in [0, 0.05) is 31.5 Å². The van der Waals surface area contributed by atoms with Gasteiger partial charge < -0.3 is 14.8 Å². The molecule has 1 N–H and O–H groups in total. The molecule has 9 heteroatoms. The number of nitrogens with one attached hydrogen (secondary N) is 1. The largest absolute Gasteiger partial charge is 0.336 e. The molecule has 3 heterocycles. The molecule has 8 nitrogen and oxygen atoms in total. The summed E-state index contributed by atoms with van der Waals surface area (Å²) in [6.45, 7) is 0.704. The van der Waals surface area contributed by atoms with E-state index < -0.39 is 0 Å². The molecule has 0 radical (unpaired) electrons. The number of carbonyl (C=O) groups excluding carboxylic acids is 2. The summed E-state index contributed by atoms with van der Waals surface area (Å²) in [5.74, 6) is 0.260. The molecule has 0 unspecified atom stereocenters. The number of aromatic nitrogens is 4. The van der Waals surface area contributed by atoms with Crippen LogP contribution >= 0.6 is 0 Å². The first-order valence-corrected chi connectivity index (χ1v) is 12.0. The van der Waals surface area contributed by atoms with Crippen LogP contribution in [-0.2, 0) is 18.3 Å². The number of nitrogens with zero attached hydrogens (tertiary/aromatic N) is 5. The van der Waals surface area contributed by atoms with Gasteiger partial charge in [0.15, 0.2) is 0 Å². The average Bonchev–Trinajstić information content (AvgIpc) is 3.52. The van der Waals surface area contributed by atoms with E-state index in [2.05, 4.69) is 15.4 Å². The molecular weight excluding hydrogens is 459 g/mol. The number of hydrogen-bond donors (Lipinski definition) is 1. The fraction of sp³-hybridized carbons (Fsp3) is 0.259. The molecule has 2 amide bonds. The van der Waals surface area contributed by atoms with Gasteiger partial charge in [-0.3, -0.25) is 9.59 Å². The van der Waals surface area contributed by atoms with Crippen molar-refractivity contribution in [3.05, 3.63) is 96.1 Å². The molecule has 0 aliphatic carbocycles. The van der Waals surface area contributed by atoms with Crippen LogP contribution in [0.1, 0.15) is 47.1 Å². The number of likely N-dealkylation sites (tertiary alicyclic amines) is 1. The lowest BCUT2D eigenvalue weighted by molar-refractivity contribution is -0.115. The molecule has 1 saturated heterocycles. The third-order valence-corrected chi connectivity index (χ3v) is 6.42. The number of piperidine rings is 1. The number of rotatable bonds is 6. The molecule has 36 heavy (non-hydrogen) atoms. The zero-order valence-electron chi connectivity index (χ0n) is 20.0. The van der Waals surface area contributed by atoms with E-state index in [4.69, 9.17) is 0 Å². The fourth-order valence-electron chi connectivity index (χ4n) is 4.63. The first kappa shape index (κ1) is 23.5. The van der Waals surface area contributed by atoms with E-state index in [1.165, 1.54) is 12.1 Å². The first-order valence-electron chi connectivity index (χ1n) is 12.0. The molecule has 0 spiro atoms. The molecule has 2 aromatic carbocycles. The fourth-order valence-corrected chi connectivity index (χ4v) is 4.63. The number of benzene rings is 2. The molecule has 4 aromatic rings. The Hall–Kier alpha value is -4.27. The highest BCUT2D eigenvalue weighted by Crippen LogP contribution is 2.31. The zero-order valence-corrected chi connectivity index (χ0v) is 20.0. The Balaban J connectivity index is 1.25. The molecule has 2 aromatic heterocycles. The van der Waals surface area contributed by atoms with Crippen LogP contribution in [0.25, 0.3) is 5.69 Å². The lowest BCUT2D eigenvalue weighted by atomic mass is 10.00. The van der Waals surface area contributed by atoms with Gasteiger partial charge in [-0.1, -0.05) is 12.1 Å². The predicted molar refractivity (Wildman–Crippen MR) is 133 cm³/mol. The van der Waals surface area contributed by atoms with Gasteiger partial charge in [-0.25, -0.2) is 14.1 Å². The number of hydrogen-bond acceptors (Lipinski definition) is 4. The van der Waals surface area contributed by atoms with Gasteiger partial charge in [0.05, 0.1) is 36.2 Å². The second-order valence-electron chi connectivity index (χ2n) is 8.98. The number of aryl methyl sites for hydroxylation is 1. The smallest absolute Gasteiger partial charge is 0.254 e. The Morgan fingerprint density at radius 3 is 2.72 bits per heavy atom. The minimum absolute atomic E-state index is 0.0139. The van der Waals surface area contributed by atoms with Crippen LogP contribution in [0.5, 0.6) is 0 Å². The van der Waals surface area contributed by atoms with Crippen molar-refractivity contribution < 1.29 is 14.0 Å². The molecular formula is C27H27FN6O2. The van der Waals surface area contributed by atoms with E-state index in [0.29, 0.717) is 23.4 Å². The Labute approximate surface area is 208 Å². The van der Waals surface area contributed by atoms with Gasteiger partial charge in [-0.15, -0.1) is 0 Å². The lowest BCUT2D eigenvalue weighted by Gasteiger charge is -2.35. The van der Waals surface area contributed by atoms with E-state index in [9.17, 15) is 14.0 Å². The average molecular weight is 487 g/mol. The third kappa shape index (κ3) is 5.05. The standard InChI is InChI=1S/C27H27FN6O2/c1-32-14-12-29-26(32)24-7-2-3-13-33(24)27(36)20-8-10-23(11-9-20)34-18-22(17-30-34)31-25(35)16-19-5-4-6-21(28)15-19/h4-6,8-12,14-15,17-18,24H,2-3,7,13,16H2,1H3,(H,31,35)/t24-/m1/s1. The number of carbonyl (C=O) groups is 2. The van der Waals surface area contributed by atoms with Crippen molar-refractivity contribution in [1.29, 1.82) is 0 Å². The van der Waals surface area contributed by atoms with Crippen molar-refractivity contribution in [2.24, 2.45) is 7.05 Å². The van der Waals surface area contributed by atoms with E-state index in [-0.39, 0.29) is 30.1 Å². The van der Waals surface area contributed by atoms with Crippen molar-refractivity contribution in [1.82, 2.24) is 24.2 Å². The van der Waals surface area contributed by atoms with E-state index in [1.54, 1.807) is 47.5 Å². The molecule has 5 rings (SSSR count). The summed E-state index contributed by atoms with van der Waals surface area (Å²) in [4.78, 5) is 32.1. The van der Waals surface area contributed by atoms with Crippen LogP contribution in [0.3, 0.4) is 0 Å². The summed E-state index contributed by atoms with van der Waals surface area (Å²) in [5.41, 5.74) is 2.49. The summed E-state index contributed by atoms with van der Waals surface area (Å²) in [7, 11) is 1.95. The van der Waals surface area contributed by atoms with Crippen LogP contribution in [0, 0.1) is 5.82 Å². The Bertz CT molecular complexity index is 1380. The number of anilines is 1. The maximum atomic E-state index is 13.4. The number of imidazole rings is 1. The highest BCUT2D eigenvalue weighted by molar-refractivity contribution is 5.95. The maximum Gasteiger partial charge on any atom is 0.254 e. The topological polar surface area (TPSA) is 85.0 Å². The highest BCUT2D eigenvalue weighted by atomic mass is 19.1. The third-order valence-electron chi connectivity index (χ3n) is 6.42. The van der Waals surface area contributed by atoms with E-state index in [0.717, 1.165) is 30.8 Å². The molecule has 1 atom stereocenters. The van der Waals surface area contributed by atoms with Gasteiger partial charge in [0.1, 0.15) is 11.6 Å². The summed E-state index contributed by atoms with van der Waals surface area (Å²) >= 11 is 0. The summed E-state index contributed by atoms with van der Waals surface area (Å²) in [6, 6.07) is 13.2. The van der Waals surface area contributed by atoms with Crippen molar-refractivity contribution in [3.8, 4) is 5.69 Å². The van der Waals surface area contributed by atoms with Gasteiger partial charge in [0.25, 0.3) is 5.91 Å². The first-order chi connectivity index (χ1) is 17.5. The molecule has 0 saturated carbocycles. The van der Waals surface area contributed by atoms with Crippen LogP contribution < -0.4 is 5.32 Å². The van der Waals surface area contributed by atoms with Crippen molar-refractivity contribution in [2.75, 3.05) is 11.9 Å². The predicted octanol–water partition coefficient (Wildman–Crippen LogP) is 4.29. The molecule has 184 valence electrons. The van der Waals surface area contributed by atoms with Crippen molar-refractivity contribution in [3.63, 3.8) is 0 Å². The van der Waals surface area contributed by atoms with Gasteiger partial charge in [-0.2, -0.15) is 5.10 Å². The Morgan fingerprint density at radius 2 is 1.97 bits per heavy atom. The van der Waals surface area contributed by atoms with Gasteiger partial charge in [-0.05, 0) is 61.2 Å². The second kappa shape index (κ2) is 10.2. The minimum atomic E-state index is -0.373. The summed E-state index contributed by atoms with van der Waals surface area (Å²) < 4.78 is 17.0. The number of halogens is 1. The van der Waals surface area contributed by atoms with E-state index >= 15 is 0 Å². The minimum Gasteiger partial charge on any atom is -0.336 e. The van der Waals surface area contributed by atoms with Gasteiger partial charge >= 0.3 is 0 Å². The van der Waals surface area contributed by atoms with Gasteiger partial charge in [0.2, 0.25) is 5.91 Å². The normalized spacial score (nSPS) is 15.6. The van der Waals surface area contributed by atoms with Crippen LogP contribution in [-0.4, -0.2) is 42.6 Å². The van der Waals surface area contributed by atoms with Crippen LogP contribution in [0.4, 0.5) is 10.1 Å². The lowest BCUT2D eigenvalue weighted by Crippen LogP contribution is -2.39. The van der Waals surface area contributed by atoms with Crippen LogP contribution in [0.15, 0.2) is 73.3 Å². The zero-order chi connectivity index (χ0) is 25.1. The molecule has 1 aliphatic heterocycles. The summed E-state index contributed by atoms with van der Waals surface area (Å²) in [6.07, 6.45) is 9.93. The molecule has 1 fully saturated rings. The van der Waals surface area contributed by atoms with Crippen molar-refractivity contribution >= 4 is 17.5 Å². The quantitative estimate of drug-likeness (QED) is 0.441. The second-order valence-corrected chi connectivity index (χ2v) is 8.98. The Morgan fingerprint density at radius 1 is 1.14 bits per heavy atom. The van der Waals surface area contributed by atoms with Crippen LogP contribution in [0.2, 0.25) is 0 Å². The van der Waals surface area contributed by atoms with Crippen molar-refractivity contribution in [2.45, 2.75) is 31.7 Å². The highest BCUT2D eigenvalue weighted by Gasteiger charge is 2.31. The van der Waals surface area contributed by atoms with E-state index in [1.807, 2.05) is 34.8 Å².